The fourth-order valence-electron chi connectivity index (χ4n) is 1.24. The van der Waals surface area contributed by atoms with Crippen LogP contribution in [-0.2, 0) is 0 Å². The van der Waals surface area contributed by atoms with Crippen LogP contribution in [0.25, 0.3) is 0 Å². The average Bonchev–Trinajstić information content (AvgIpc) is 2.83. The summed E-state index contributed by atoms with van der Waals surface area (Å²) in [5, 5.41) is 0. The van der Waals surface area contributed by atoms with Gasteiger partial charge in [0.15, 0.2) is 23.9 Å². The van der Waals surface area contributed by atoms with Crippen LogP contribution in [0.2, 0.25) is 0 Å². The summed E-state index contributed by atoms with van der Waals surface area (Å²) in [6, 6.07) is 5.80. The molecule has 0 aliphatic carbocycles. The summed E-state index contributed by atoms with van der Waals surface area (Å²) in [6.45, 7) is -0.409. The first kappa shape index (κ1) is 11.3. The van der Waals surface area contributed by atoms with Gasteiger partial charge in [0.25, 0.3) is 0 Å². The number of benzene rings is 1. The maximum absolute atomic E-state index is 13.1. The Kier molecular flexibility index (Phi) is 3.18. The van der Waals surface area contributed by atoms with E-state index in [0.717, 1.165) is 18.2 Å². The molecule has 0 fully saturated rings. The number of furan rings is 1. The SMILES string of the molecule is O=C(COc1cc(F)ccc1F)c1ccco1. The predicted molar refractivity (Wildman–Crippen MR) is 54.9 cm³/mol. The summed E-state index contributed by atoms with van der Waals surface area (Å²) >= 11 is 0. The number of hydrogen-bond acceptors (Lipinski definition) is 3. The minimum absolute atomic E-state index is 0.113. The Morgan fingerprint density at radius 3 is 2.82 bits per heavy atom. The normalized spacial score (nSPS) is 10.2. The first-order valence-electron chi connectivity index (χ1n) is 4.81. The summed E-state index contributed by atoms with van der Waals surface area (Å²) in [5.41, 5.74) is 0. The largest absolute Gasteiger partial charge is 0.482 e. The predicted octanol–water partition coefficient (Wildman–Crippen LogP) is 2.82. The zero-order chi connectivity index (χ0) is 12.3. The van der Waals surface area contributed by atoms with E-state index in [2.05, 4.69) is 0 Å². The van der Waals surface area contributed by atoms with E-state index < -0.39 is 24.0 Å². The lowest BCUT2D eigenvalue weighted by molar-refractivity contribution is 0.0890. The second-order valence-electron chi connectivity index (χ2n) is 3.26. The summed E-state index contributed by atoms with van der Waals surface area (Å²) in [7, 11) is 0. The molecule has 0 spiro atoms. The Bertz CT molecular complexity index is 521. The van der Waals surface area contributed by atoms with Gasteiger partial charge >= 0.3 is 0 Å². The molecule has 0 saturated carbocycles. The van der Waals surface area contributed by atoms with Gasteiger partial charge in [-0.25, -0.2) is 8.78 Å². The summed E-state index contributed by atoms with van der Waals surface area (Å²) in [6.07, 6.45) is 1.34. The molecule has 1 aromatic heterocycles. The molecule has 2 aromatic rings. The van der Waals surface area contributed by atoms with E-state index in [1.54, 1.807) is 6.07 Å². The maximum atomic E-state index is 13.1. The molecule has 0 unspecified atom stereocenters. The van der Waals surface area contributed by atoms with E-state index in [9.17, 15) is 13.6 Å². The second-order valence-corrected chi connectivity index (χ2v) is 3.26. The lowest BCUT2D eigenvalue weighted by Crippen LogP contribution is -2.11. The molecule has 0 saturated heterocycles. The van der Waals surface area contributed by atoms with Gasteiger partial charge in [-0.3, -0.25) is 4.79 Å². The quantitative estimate of drug-likeness (QED) is 0.769. The molecule has 5 heteroatoms. The number of rotatable bonds is 4. The number of ether oxygens (including phenoxy) is 1. The lowest BCUT2D eigenvalue weighted by atomic mass is 10.3. The maximum Gasteiger partial charge on any atom is 0.235 e. The van der Waals surface area contributed by atoms with Crippen LogP contribution < -0.4 is 4.74 Å². The molecule has 0 N–H and O–H groups in total. The molecule has 0 radical (unpaired) electrons. The van der Waals surface area contributed by atoms with Crippen molar-refractivity contribution in [2.75, 3.05) is 6.61 Å². The summed E-state index contributed by atoms with van der Waals surface area (Å²) in [5.74, 6) is -1.99. The van der Waals surface area contributed by atoms with Crippen molar-refractivity contribution in [1.82, 2.24) is 0 Å². The monoisotopic (exact) mass is 238 g/mol. The minimum atomic E-state index is -0.723. The second kappa shape index (κ2) is 4.78. The van der Waals surface area contributed by atoms with E-state index in [1.807, 2.05) is 0 Å². The zero-order valence-corrected chi connectivity index (χ0v) is 8.65. The van der Waals surface area contributed by atoms with Crippen molar-refractivity contribution < 1.29 is 22.7 Å². The van der Waals surface area contributed by atoms with Gasteiger partial charge in [0.05, 0.1) is 6.26 Å². The Labute approximate surface area is 95.6 Å². The van der Waals surface area contributed by atoms with Gasteiger partial charge in [0.1, 0.15) is 5.82 Å². The number of Topliss-reactive ketones (excluding diaryl/α,β-unsaturated/α-hetero) is 1. The highest BCUT2D eigenvalue weighted by molar-refractivity contribution is 5.94. The molecule has 0 amide bonds. The highest BCUT2D eigenvalue weighted by Crippen LogP contribution is 2.18. The molecular formula is C12H8F2O3. The van der Waals surface area contributed by atoms with E-state index >= 15 is 0 Å². The molecule has 0 atom stereocenters. The van der Waals surface area contributed by atoms with Gasteiger partial charge < -0.3 is 9.15 Å². The van der Waals surface area contributed by atoms with E-state index in [0.29, 0.717) is 0 Å². The van der Waals surface area contributed by atoms with Crippen molar-refractivity contribution in [3.63, 3.8) is 0 Å². The molecule has 17 heavy (non-hydrogen) atoms. The van der Waals surface area contributed by atoms with Crippen LogP contribution in [0.1, 0.15) is 10.6 Å². The number of carbonyl (C=O) groups excluding carboxylic acids is 1. The molecule has 1 aromatic carbocycles. The Balaban J connectivity index is 2.03. The molecule has 0 bridgehead atoms. The first-order valence-corrected chi connectivity index (χ1v) is 4.81. The zero-order valence-electron chi connectivity index (χ0n) is 8.65. The Hall–Kier alpha value is -2.17. The van der Waals surface area contributed by atoms with Gasteiger partial charge in [-0.1, -0.05) is 0 Å². The van der Waals surface area contributed by atoms with Crippen LogP contribution >= 0.6 is 0 Å². The molecule has 88 valence electrons. The Morgan fingerprint density at radius 2 is 2.12 bits per heavy atom. The highest BCUT2D eigenvalue weighted by Gasteiger charge is 2.11. The van der Waals surface area contributed by atoms with Crippen molar-refractivity contribution in [2.24, 2.45) is 0 Å². The smallest absolute Gasteiger partial charge is 0.235 e. The molecule has 2 rings (SSSR count). The molecule has 0 aliphatic heterocycles. The van der Waals surface area contributed by atoms with Crippen LogP contribution in [0.15, 0.2) is 41.0 Å². The highest BCUT2D eigenvalue weighted by atomic mass is 19.1. The summed E-state index contributed by atoms with van der Waals surface area (Å²) < 4.78 is 35.6. The van der Waals surface area contributed by atoms with Crippen LogP contribution in [0.5, 0.6) is 5.75 Å². The third-order valence-corrected chi connectivity index (χ3v) is 2.05. The van der Waals surface area contributed by atoms with Gasteiger partial charge in [-0.2, -0.15) is 0 Å². The fraction of sp³-hybridized carbons (Fsp3) is 0.0833. The standard InChI is InChI=1S/C12H8F2O3/c13-8-3-4-9(14)12(6-8)17-7-10(15)11-2-1-5-16-11/h1-6H,7H2. The average molecular weight is 238 g/mol. The van der Waals surface area contributed by atoms with E-state index in [1.165, 1.54) is 12.3 Å². The van der Waals surface area contributed by atoms with Gasteiger partial charge in [0.2, 0.25) is 5.78 Å². The third-order valence-electron chi connectivity index (χ3n) is 2.05. The van der Waals surface area contributed by atoms with Crippen LogP contribution in [0.3, 0.4) is 0 Å². The van der Waals surface area contributed by atoms with Crippen LogP contribution in [-0.4, -0.2) is 12.4 Å². The number of hydrogen-bond donors (Lipinski definition) is 0. The third kappa shape index (κ3) is 2.69. The molecule has 3 nitrogen and oxygen atoms in total. The topological polar surface area (TPSA) is 39.4 Å². The first-order chi connectivity index (χ1) is 8.16. The van der Waals surface area contributed by atoms with Gasteiger partial charge in [-0.15, -0.1) is 0 Å². The summed E-state index contributed by atoms with van der Waals surface area (Å²) in [4.78, 5) is 11.4. The van der Waals surface area contributed by atoms with Crippen molar-refractivity contribution in [2.45, 2.75) is 0 Å². The van der Waals surface area contributed by atoms with Crippen molar-refractivity contribution >= 4 is 5.78 Å². The number of ketones is 1. The lowest BCUT2D eigenvalue weighted by Gasteiger charge is -2.05. The van der Waals surface area contributed by atoms with E-state index in [-0.39, 0.29) is 11.5 Å². The van der Waals surface area contributed by atoms with Crippen molar-refractivity contribution in [3.05, 3.63) is 54.0 Å². The van der Waals surface area contributed by atoms with Crippen molar-refractivity contribution in [3.8, 4) is 5.75 Å². The van der Waals surface area contributed by atoms with Crippen molar-refractivity contribution in [1.29, 1.82) is 0 Å². The number of carbonyl (C=O) groups is 1. The molecule has 1 heterocycles. The van der Waals surface area contributed by atoms with Crippen LogP contribution in [0.4, 0.5) is 8.78 Å². The minimum Gasteiger partial charge on any atom is -0.482 e. The van der Waals surface area contributed by atoms with Gasteiger partial charge in [-0.05, 0) is 24.3 Å². The van der Waals surface area contributed by atoms with Crippen LogP contribution in [0, 0.1) is 11.6 Å². The Morgan fingerprint density at radius 1 is 1.29 bits per heavy atom. The van der Waals surface area contributed by atoms with E-state index in [4.69, 9.17) is 9.15 Å². The molecule has 0 aliphatic rings. The molecular weight excluding hydrogens is 230 g/mol. The fourth-order valence-corrected chi connectivity index (χ4v) is 1.24. The van der Waals surface area contributed by atoms with Gasteiger partial charge in [0, 0.05) is 6.07 Å². The number of halogens is 2.